The molecule has 4 N–H and O–H groups in total. The van der Waals surface area contributed by atoms with Gasteiger partial charge in [-0.3, -0.25) is 23.7 Å². The van der Waals surface area contributed by atoms with Crippen LogP contribution in [0.3, 0.4) is 0 Å². The lowest BCUT2D eigenvalue weighted by Gasteiger charge is -2.44. The molecule has 0 spiro atoms. The van der Waals surface area contributed by atoms with Gasteiger partial charge in [-0.05, 0) is 12.1 Å². The molecule has 36 heavy (non-hydrogen) atoms. The SMILES string of the molecule is CO/N=C(\C(=O)N[C@H]1C(=O)N(S(=O)(=O)O)[C@H]1CNC(=O)c1ccccc1)c1csc(NC(=O)CCl)n1. The van der Waals surface area contributed by atoms with Gasteiger partial charge >= 0.3 is 10.3 Å². The zero-order valence-corrected chi connectivity index (χ0v) is 20.8. The number of carbonyl (C=O) groups excluding carboxylic acids is 4. The van der Waals surface area contributed by atoms with Crippen molar-refractivity contribution in [3.63, 3.8) is 0 Å². The Morgan fingerprint density at radius 1 is 1.28 bits per heavy atom. The maximum Gasteiger partial charge on any atom is 0.362 e. The molecule has 1 fully saturated rings. The van der Waals surface area contributed by atoms with E-state index < -0.39 is 52.6 Å². The Labute approximate surface area is 213 Å². The standard InChI is InChI=1S/C19H19ClN6O8S2/c1-34-25-14(11-9-35-19(22-11)23-13(27)7-20)17(29)24-15-12(26(18(15)30)36(31,32)33)8-21-16(28)10-5-3-2-4-6-10/h2-6,9,12,15H,7-8H2,1H3,(H,21,28)(H,24,29)(H,22,23,27)(H,31,32,33)/b25-14-/t12-,15+/m0/s1. The van der Waals surface area contributed by atoms with Gasteiger partial charge in [0.05, 0.1) is 6.04 Å². The zero-order chi connectivity index (χ0) is 26.5. The Morgan fingerprint density at radius 3 is 2.58 bits per heavy atom. The second kappa shape index (κ2) is 11.4. The van der Waals surface area contributed by atoms with Gasteiger partial charge in [0.15, 0.2) is 10.8 Å². The van der Waals surface area contributed by atoms with E-state index in [2.05, 4.69) is 30.9 Å². The van der Waals surface area contributed by atoms with Crippen molar-refractivity contribution >= 4 is 67.7 Å². The van der Waals surface area contributed by atoms with Crippen LogP contribution in [-0.2, 0) is 29.5 Å². The van der Waals surface area contributed by atoms with E-state index >= 15 is 0 Å². The molecule has 14 nitrogen and oxygen atoms in total. The molecule has 0 bridgehead atoms. The van der Waals surface area contributed by atoms with Crippen LogP contribution in [0.1, 0.15) is 16.1 Å². The number of nitrogens with zero attached hydrogens (tertiary/aromatic N) is 3. The number of hydrogen-bond donors (Lipinski definition) is 4. The average molecular weight is 559 g/mol. The maximum atomic E-state index is 12.9. The molecular formula is C19H19ClN6O8S2. The molecule has 1 aromatic carbocycles. The van der Waals surface area contributed by atoms with E-state index in [9.17, 15) is 32.1 Å². The van der Waals surface area contributed by atoms with Gasteiger partial charge in [-0.1, -0.05) is 23.4 Å². The molecule has 1 saturated heterocycles. The van der Waals surface area contributed by atoms with Crippen molar-refractivity contribution in [2.24, 2.45) is 5.16 Å². The van der Waals surface area contributed by atoms with Gasteiger partial charge in [-0.15, -0.1) is 22.9 Å². The highest BCUT2D eigenvalue weighted by atomic mass is 35.5. The van der Waals surface area contributed by atoms with Gasteiger partial charge in [0.2, 0.25) is 5.91 Å². The van der Waals surface area contributed by atoms with Crippen LogP contribution in [-0.4, -0.2) is 83.2 Å². The number of nitrogens with one attached hydrogen (secondary N) is 3. The van der Waals surface area contributed by atoms with Crippen LogP contribution in [0.4, 0.5) is 5.13 Å². The van der Waals surface area contributed by atoms with Crippen molar-refractivity contribution in [1.29, 1.82) is 0 Å². The predicted molar refractivity (Wildman–Crippen MR) is 128 cm³/mol. The van der Waals surface area contributed by atoms with Gasteiger partial charge in [-0.2, -0.15) is 8.42 Å². The van der Waals surface area contributed by atoms with E-state index in [4.69, 9.17) is 11.6 Å². The van der Waals surface area contributed by atoms with Gasteiger partial charge in [0.1, 0.15) is 24.7 Å². The topological polar surface area (TPSA) is 196 Å². The molecule has 1 aliphatic rings. The summed E-state index contributed by atoms with van der Waals surface area (Å²) < 4.78 is 33.0. The lowest BCUT2D eigenvalue weighted by Crippen LogP contribution is -2.74. The van der Waals surface area contributed by atoms with E-state index in [0.29, 0.717) is 0 Å². The zero-order valence-electron chi connectivity index (χ0n) is 18.4. The maximum absolute atomic E-state index is 12.9. The molecule has 17 heteroatoms. The third-order valence-corrected chi connectivity index (χ3v) is 6.67. The molecule has 2 atom stereocenters. The first-order chi connectivity index (χ1) is 17.1. The summed E-state index contributed by atoms with van der Waals surface area (Å²) in [7, 11) is -3.82. The summed E-state index contributed by atoms with van der Waals surface area (Å²) >= 11 is 6.40. The molecular weight excluding hydrogens is 540 g/mol. The van der Waals surface area contributed by atoms with Crippen molar-refractivity contribution in [3.8, 4) is 0 Å². The second-order valence-electron chi connectivity index (χ2n) is 7.05. The summed E-state index contributed by atoms with van der Waals surface area (Å²) in [5.74, 6) is -3.51. The van der Waals surface area contributed by atoms with Crippen LogP contribution >= 0.6 is 22.9 Å². The molecule has 3 rings (SSSR count). The number of anilines is 1. The van der Waals surface area contributed by atoms with Crippen LogP contribution in [0.5, 0.6) is 0 Å². The molecule has 2 heterocycles. The van der Waals surface area contributed by atoms with E-state index in [-0.39, 0.29) is 32.3 Å². The highest BCUT2D eigenvalue weighted by Gasteiger charge is 2.54. The third-order valence-electron chi connectivity index (χ3n) is 4.72. The number of aromatic nitrogens is 1. The van der Waals surface area contributed by atoms with E-state index in [0.717, 1.165) is 18.4 Å². The lowest BCUT2D eigenvalue weighted by molar-refractivity contribution is -0.144. The number of thiazole rings is 1. The Hall–Kier alpha value is -3.60. The fourth-order valence-electron chi connectivity index (χ4n) is 3.15. The molecule has 1 aromatic heterocycles. The lowest BCUT2D eigenvalue weighted by atomic mass is 9.98. The summed E-state index contributed by atoms with van der Waals surface area (Å²) in [5.41, 5.74) is -0.126. The molecule has 0 radical (unpaired) electrons. The Kier molecular flexibility index (Phi) is 8.57. The quantitative estimate of drug-likeness (QED) is 0.0985. The summed E-state index contributed by atoms with van der Waals surface area (Å²) in [6.45, 7) is -0.410. The second-order valence-corrected chi connectivity index (χ2v) is 9.46. The number of hydrogen-bond acceptors (Lipinski definition) is 10. The van der Waals surface area contributed by atoms with Gasteiger partial charge in [0, 0.05) is 17.5 Å². The monoisotopic (exact) mass is 558 g/mol. The third kappa shape index (κ3) is 6.14. The molecule has 192 valence electrons. The number of rotatable bonds is 10. The van der Waals surface area contributed by atoms with Gasteiger partial charge in [-0.25, -0.2) is 9.29 Å². The Balaban J connectivity index is 1.76. The molecule has 4 amide bonds. The first kappa shape index (κ1) is 27.0. The summed E-state index contributed by atoms with van der Waals surface area (Å²) in [6, 6.07) is 5.21. The largest absolute Gasteiger partial charge is 0.398 e. The molecule has 2 aromatic rings. The summed E-state index contributed by atoms with van der Waals surface area (Å²) in [6.07, 6.45) is 0. The van der Waals surface area contributed by atoms with Crippen LogP contribution < -0.4 is 16.0 Å². The van der Waals surface area contributed by atoms with E-state index in [1.807, 2.05) is 0 Å². The van der Waals surface area contributed by atoms with Crippen LogP contribution in [0.25, 0.3) is 0 Å². The van der Waals surface area contributed by atoms with E-state index in [1.165, 1.54) is 17.5 Å². The number of alkyl halides is 1. The highest BCUT2D eigenvalue weighted by Crippen LogP contribution is 2.24. The Morgan fingerprint density at radius 2 is 1.97 bits per heavy atom. The number of oxime groups is 1. The molecule has 0 aliphatic carbocycles. The van der Waals surface area contributed by atoms with E-state index in [1.54, 1.807) is 18.2 Å². The molecule has 1 aliphatic heterocycles. The number of benzene rings is 1. The van der Waals surface area contributed by atoms with Crippen molar-refractivity contribution < 1.29 is 37.0 Å². The first-order valence-electron chi connectivity index (χ1n) is 9.94. The number of β-lactam (4-membered cyclic amide) rings is 1. The smallest absolute Gasteiger partial charge is 0.362 e. The molecule has 0 saturated carbocycles. The first-order valence-corrected chi connectivity index (χ1v) is 12.8. The minimum Gasteiger partial charge on any atom is -0.398 e. The summed E-state index contributed by atoms with van der Waals surface area (Å²) in [5, 5.41) is 12.3. The van der Waals surface area contributed by atoms with Gasteiger partial charge < -0.3 is 20.8 Å². The minimum absolute atomic E-state index is 0.0171. The fourth-order valence-corrected chi connectivity index (χ4v) is 4.81. The normalized spacial score (nSPS) is 17.7. The molecule has 0 unspecified atom stereocenters. The van der Waals surface area contributed by atoms with Crippen LogP contribution in [0.15, 0.2) is 40.9 Å². The average Bonchev–Trinajstić information content (AvgIpc) is 3.30. The Bertz CT molecular complexity index is 1300. The van der Waals surface area contributed by atoms with Crippen LogP contribution in [0, 0.1) is 0 Å². The summed E-state index contributed by atoms with van der Waals surface area (Å²) in [4.78, 5) is 57.9. The number of amides is 4. The van der Waals surface area contributed by atoms with Crippen molar-refractivity contribution in [2.45, 2.75) is 12.1 Å². The predicted octanol–water partition coefficient (Wildman–Crippen LogP) is -0.401. The number of halogens is 1. The van der Waals surface area contributed by atoms with Crippen molar-refractivity contribution in [2.75, 3.05) is 24.9 Å². The highest BCUT2D eigenvalue weighted by molar-refractivity contribution is 7.84. The fraction of sp³-hybridized carbons (Fsp3) is 0.263. The van der Waals surface area contributed by atoms with Crippen LogP contribution in [0.2, 0.25) is 0 Å². The van der Waals surface area contributed by atoms with Crippen molar-refractivity contribution in [1.82, 2.24) is 19.9 Å². The van der Waals surface area contributed by atoms with Gasteiger partial charge in [0.25, 0.3) is 17.7 Å². The number of carbonyl (C=O) groups is 4. The minimum atomic E-state index is -4.97. The van der Waals surface area contributed by atoms with Crippen molar-refractivity contribution in [3.05, 3.63) is 47.0 Å².